The summed E-state index contributed by atoms with van der Waals surface area (Å²) in [6, 6.07) is 15.7. The fourth-order valence-corrected chi connectivity index (χ4v) is 4.81. The molecule has 1 heterocycles. The van der Waals surface area contributed by atoms with Gasteiger partial charge in [-0.3, -0.25) is 4.79 Å². The Kier molecular flexibility index (Phi) is 7.53. The van der Waals surface area contributed by atoms with Crippen molar-refractivity contribution in [1.29, 1.82) is 5.26 Å². The van der Waals surface area contributed by atoms with E-state index in [4.69, 9.17) is 18.9 Å². The molecule has 186 valence electrons. The number of nitrogens with one attached hydrogen (secondary N) is 1. The van der Waals surface area contributed by atoms with Gasteiger partial charge in [0.05, 0.1) is 37.1 Å². The predicted molar refractivity (Wildman–Crippen MR) is 125 cm³/mol. The van der Waals surface area contributed by atoms with Gasteiger partial charge in [-0.2, -0.15) is 5.26 Å². The highest BCUT2D eigenvalue weighted by molar-refractivity contribution is 5.85. The number of benzene rings is 2. The van der Waals surface area contributed by atoms with E-state index >= 15 is 0 Å². The number of rotatable bonds is 8. The Morgan fingerprint density at radius 1 is 1.11 bits per heavy atom. The summed E-state index contributed by atoms with van der Waals surface area (Å²) in [7, 11) is 0. The summed E-state index contributed by atoms with van der Waals surface area (Å²) < 4.78 is 39.1. The predicted octanol–water partition coefficient (Wildman–Crippen LogP) is 3.99. The Morgan fingerprint density at radius 2 is 1.83 bits per heavy atom. The van der Waals surface area contributed by atoms with E-state index in [1.165, 1.54) is 6.07 Å². The molecule has 4 atom stereocenters. The van der Waals surface area contributed by atoms with E-state index in [1.54, 1.807) is 36.4 Å². The molecule has 2 aliphatic rings. The van der Waals surface area contributed by atoms with Gasteiger partial charge in [-0.05, 0) is 38.5 Å². The van der Waals surface area contributed by atoms with Crippen LogP contribution < -0.4 is 5.32 Å². The van der Waals surface area contributed by atoms with Gasteiger partial charge in [0.25, 0.3) is 5.91 Å². The zero-order chi connectivity index (χ0) is 25.1. The van der Waals surface area contributed by atoms with Crippen LogP contribution in [-0.2, 0) is 37.0 Å². The molecule has 1 aliphatic carbocycles. The maximum absolute atomic E-state index is 14.2. The quantitative estimate of drug-likeness (QED) is 0.612. The Morgan fingerprint density at radius 3 is 2.54 bits per heavy atom. The standard InChI is InChI=1S/C27H31FN2O5/c1-4-30-25(31)27(33-17-19-10-6-5-9-18(19)15-29)13-22(24-23(14-27)34-26(2,3)35-24)32-16-20-11-7-8-12-21(20)28/h5-12,22-24H,4,13-14,16-17H2,1-3H3,(H,30,31)/t22?,23-,24+,27-/m1/s1. The summed E-state index contributed by atoms with van der Waals surface area (Å²) in [5.74, 6) is -1.50. The first-order valence-corrected chi connectivity index (χ1v) is 11.9. The van der Waals surface area contributed by atoms with Gasteiger partial charge in [-0.25, -0.2) is 4.39 Å². The van der Waals surface area contributed by atoms with E-state index in [1.807, 2.05) is 26.8 Å². The van der Waals surface area contributed by atoms with Crippen molar-refractivity contribution in [1.82, 2.24) is 5.32 Å². The van der Waals surface area contributed by atoms with E-state index in [0.717, 1.165) is 0 Å². The summed E-state index contributed by atoms with van der Waals surface area (Å²) in [4.78, 5) is 13.4. The Bertz CT molecular complexity index is 1100. The second kappa shape index (κ2) is 10.4. The lowest BCUT2D eigenvalue weighted by Crippen LogP contribution is -2.60. The molecule has 1 unspecified atom stereocenters. The van der Waals surface area contributed by atoms with Crippen molar-refractivity contribution in [2.24, 2.45) is 0 Å². The molecule has 0 radical (unpaired) electrons. The van der Waals surface area contributed by atoms with Gasteiger partial charge in [0.15, 0.2) is 11.4 Å². The lowest BCUT2D eigenvalue weighted by molar-refractivity contribution is -0.183. The van der Waals surface area contributed by atoms with E-state index in [0.29, 0.717) is 23.2 Å². The number of ether oxygens (including phenoxy) is 4. The van der Waals surface area contributed by atoms with Crippen molar-refractivity contribution in [3.63, 3.8) is 0 Å². The van der Waals surface area contributed by atoms with Crippen LogP contribution in [-0.4, -0.2) is 42.2 Å². The van der Waals surface area contributed by atoms with Crippen LogP contribution in [0.2, 0.25) is 0 Å². The van der Waals surface area contributed by atoms with Crippen LogP contribution in [0, 0.1) is 17.1 Å². The molecule has 1 saturated carbocycles. The van der Waals surface area contributed by atoms with Gasteiger partial charge >= 0.3 is 0 Å². The molecule has 1 amide bonds. The Hall–Kier alpha value is -2.83. The highest BCUT2D eigenvalue weighted by atomic mass is 19.1. The third-order valence-corrected chi connectivity index (χ3v) is 6.45. The molecule has 2 fully saturated rings. The maximum Gasteiger partial charge on any atom is 0.252 e. The second-order valence-electron chi connectivity index (χ2n) is 9.40. The number of likely N-dealkylation sites (N-methyl/N-ethyl adjacent to an activating group) is 1. The molecule has 0 spiro atoms. The molecular weight excluding hydrogens is 451 g/mol. The van der Waals surface area contributed by atoms with Crippen molar-refractivity contribution in [2.45, 2.75) is 76.5 Å². The van der Waals surface area contributed by atoms with Crippen LogP contribution in [0.15, 0.2) is 48.5 Å². The van der Waals surface area contributed by atoms with Crippen molar-refractivity contribution in [2.75, 3.05) is 6.54 Å². The molecule has 0 bridgehead atoms. The van der Waals surface area contributed by atoms with Crippen LogP contribution >= 0.6 is 0 Å². The summed E-state index contributed by atoms with van der Waals surface area (Å²) in [6.07, 6.45) is -1.01. The average Bonchev–Trinajstić information content (AvgIpc) is 3.16. The molecule has 4 rings (SSSR count). The number of fused-ring (bicyclic) bond motifs is 1. The Balaban J connectivity index is 1.62. The number of nitriles is 1. The fourth-order valence-electron chi connectivity index (χ4n) is 4.81. The van der Waals surface area contributed by atoms with Gasteiger partial charge in [0.1, 0.15) is 11.9 Å². The van der Waals surface area contributed by atoms with Gasteiger partial charge in [-0.15, -0.1) is 0 Å². The minimum absolute atomic E-state index is 0.0209. The normalized spacial score (nSPS) is 27.1. The molecule has 1 aliphatic heterocycles. The molecule has 35 heavy (non-hydrogen) atoms. The second-order valence-corrected chi connectivity index (χ2v) is 9.40. The number of halogens is 1. The van der Waals surface area contributed by atoms with E-state index < -0.39 is 29.7 Å². The zero-order valence-electron chi connectivity index (χ0n) is 20.3. The van der Waals surface area contributed by atoms with Crippen LogP contribution in [0.4, 0.5) is 4.39 Å². The third kappa shape index (κ3) is 5.54. The molecule has 1 saturated heterocycles. The summed E-state index contributed by atoms with van der Waals surface area (Å²) >= 11 is 0. The van der Waals surface area contributed by atoms with Crippen molar-refractivity contribution in [3.8, 4) is 6.07 Å². The summed E-state index contributed by atoms with van der Waals surface area (Å²) in [5, 5.41) is 12.3. The van der Waals surface area contributed by atoms with Crippen LogP contribution in [0.5, 0.6) is 0 Å². The summed E-state index contributed by atoms with van der Waals surface area (Å²) in [5.41, 5.74) is 0.318. The molecule has 2 aromatic carbocycles. The molecule has 7 nitrogen and oxygen atoms in total. The highest BCUT2D eigenvalue weighted by Crippen LogP contribution is 2.44. The number of amides is 1. The van der Waals surface area contributed by atoms with Gasteiger partial charge in [0, 0.05) is 24.9 Å². The molecule has 8 heteroatoms. The van der Waals surface area contributed by atoms with Crippen molar-refractivity contribution < 1.29 is 28.1 Å². The monoisotopic (exact) mass is 482 g/mol. The largest absolute Gasteiger partial charge is 0.370 e. The molecular formula is C27H31FN2O5. The Labute approximate surface area is 205 Å². The first-order valence-electron chi connectivity index (χ1n) is 11.9. The minimum Gasteiger partial charge on any atom is -0.370 e. The number of hydrogen-bond donors (Lipinski definition) is 1. The van der Waals surface area contributed by atoms with Crippen LogP contribution in [0.3, 0.4) is 0 Å². The lowest BCUT2D eigenvalue weighted by Gasteiger charge is -2.43. The smallest absolute Gasteiger partial charge is 0.252 e. The van der Waals surface area contributed by atoms with Crippen LogP contribution in [0.1, 0.15) is 50.3 Å². The van der Waals surface area contributed by atoms with E-state index in [-0.39, 0.29) is 37.8 Å². The molecule has 2 aromatic rings. The first-order chi connectivity index (χ1) is 16.8. The third-order valence-electron chi connectivity index (χ3n) is 6.45. The summed E-state index contributed by atoms with van der Waals surface area (Å²) in [6.45, 7) is 5.99. The topological polar surface area (TPSA) is 89.8 Å². The zero-order valence-corrected chi connectivity index (χ0v) is 20.3. The SMILES string of the molecule is CCNC(=O)[C@@]1(OCc2ccccc2C#N)CC(OCc2ccccc2F)[C@@H]2OC(C)(C)O[C@@H]2C1. The fraction of sp³-hybridized carbons (Fsp3) is 0.481. The van der Waals surface area contributed by atoms with Gasteiger partial charge < -0.3 is 24.3 Å². The van der Waals surface area contributed by atoms with Crippen molar-refractivity contribution in [3.05, 3.63) is 71.0 Å². The van der Waals surface area contributed by atoms with Gasteiger partial charge in [0.2, 0.25) is 0 Å². The van der Waals surface area contributed by atoms with Crippen LogP contribution in [0.25, 0.3) is 0 Å². The van der Waals surface area contributed by atoms with Crippen molar-refractivity contribution >= 4 is 5.91 Å². The average molecular weight is 483 g/mol. The van der Waals surface area contributed by atoms with Gasteiger partial charge in [-0.1, -0.05) is 36.4 Å². The van der Waals surface area contributed by atoms with E-state index in [9.17, 15) is 14.4 Å². The van der Waals surface area contributed by atoms with E-state index in [2.05, 4.69) is 11.4 Å². The molecule has 1 N–H and O–H groups in total. The maximum atomic E-state index is 14.2. The lowest BCUT2D eigenvalue weighted by atomic mass is 9.78. The number of nitrogens with zero attached hydrogens (tertiary/aromatic N) is 1. The number of hydrogen-bond acceptors (Lipinski definition) is 6. The minimum atomic E-state index is -1.27. The molecule has 0 aromatic heterocycles. The number of carbonyl (C=O) groups excluding carboxylic acids is 1. The first kappa shape index (κ1) is 25.3. The highest BCUT2D eigenvalue weighted by Gasteiger charge is 2.58. The number of carbonyl (C=O) groups is 1.